The second kappa shape index (κ2) is 6.30. The first kappa shape index (κ1) is 15.6. The molecule has 2 rings (SSSR count). The number of rotatable bonds is 1. The van der Waals surface area contributed by atoms with Gasteiger partial charge in [-0.2, -0.15) is 0 Å². The van der Waals surface area contributed by atoms with Crippen LogP contribution in [0.25, 0.3) is 0 Å². The van der Waals surface area contributed by atoms with Crippen LogP contribution in [0.1, 0.15) is 35.3 Å². The zero-order valence-electron chi connectivity index (χ0n) is 12.8. The largest absolute Gasteiger partial charge is 0.384 e. The summed E-state index contributed by atoms with van der Waals surface area (Å²) in [5, 5.41) is 8.86. The van der Waals surface area contributed by atoms with Crippen LogP contribution >= 0.6 is 0 Å². The highest BCUT2D eigenvalue weighted by Crippen LogP contribution is 2.20. The Labute approximate surface area is 125 Å². The van der Waals surface area contributed by atoms with Gasteiger partial charge in [0.05, 0.1) is 17.8 Å². The van der Waals surface area contributed by atoms with Crippen LogP contribution in [0.3, 0.4) is 0 Å². The number of aliphatic hydroxyl groups is 1. The smallest absolute Gasteiger partial charge is 0.255 e. The van der Waals surface area contributed by atoms with Gasteiger partial charge in [-0.15, -0.1) is 0 Å². The van der Waals surface area contributed by atoms with E-state index in [2.05, 4.69) is 11.8 Å². The lowest BCUT2D eigenvalue weighted by Gasteiger charge is -2.38. The van der Waals surface area contributed by atoms with Crippen molar-refractivity contribution in [3.63, 3.8) is 0 Å². The molecule has 1 saturated heterocycles. The van der Waals surface area contributed by atoms with Crippen molar-refractivity contribution in [3.05, 3.63) is 34.9 Å². The second-order valence-corrected chi connectivity index (χ2v) is 5.84. The maximum atomic E-state index is 12.7. The van der Waals surface area contributed by atoms with Crippen molar-refractivity contribution < 1.29 is 14.6 Å². The van der Waals surface area contributed by atoms with E-state index < -0.39 is 0 Å². The van der Waals surface area contributed by atoms with Crippen LogP contribution < -0.4 is 0 Å². The number of benzene rings is 1. The minimum absolute atomic E-state index is 0.0337. The van der Waals surface area contributed by atoms with Crippen LogP contribution in [-0.2, 0) is 4.74 Å². The monoisotopic (exact) mass is 287 g/mol. The Morgan fingerprint density at radius 1 is 1.48 bits per heavy atom. The molecule has 1 heterocycles. The molecule has 0 radical (unpaired) electrons. The van der Waals surface area contributed by atoms with E-state index in [4.69, 9.17) is 9.84 Å². The van der Waals surface area contributed by atoms with Gasteiger partial charge in [-0.1, -0.05) is 17.9 Å². The molecular weight excluding hydrogens is 266 g/mol. The Bertz CT molecular complexity index is 596. The number of carbonyl (C=O) groups excluding carboxylic acids is 1. The topological polar surface area (TPSA) is 49.8 Å². The number of ether oxygens (including phenoxy) is 1. The third kappa shape index (κ3) is 3.84. The van der Waals surface area contributed by atoms with Gasteiger partial charge >= 0.3 is 0 Å². The number of nitrogens with zero attached hydrogens (tertiary/aromatic N) is 1. The van der Waals surface area contributed by atoms with E-state index in [9.17, 15) is 4.79 Å². The predicted octanol–water partition coefficient (Wildman–Crippen LogP) is 1.59. The van der Waals surface area contributed by atoms with Gasteiger partial charge in [0.2, 0.25) is 0 Å². The van der Waals surface area contributed by atoms with Crippen molar-refractivity contribution in [2.24, 2.45) is 0 Å². The van der Waals surface area contributed by atoms with Crippen molar-refractivity contribution >= 4 is 5.91 Å². The van der Waals surface area contributed by atoms with Crippen molar-refractivity contribution in [1.29, 1.82) is 0 Å². The molecule has 0 aromatic heterocycles. The van der Waals surface area contributed by atoms with Crippen LogP contribution in [0.5, 0.6) is 0 Å². The molecule has 0 unspecified atom stereocenters. The lowest BCUT2D eigenvalue weighted by Crippen LogP contribution is -2.50. The Morgan fingerprint density at radius 3 is 2.90 bits per heavy atom. The molecule has 1 aromatic carbocycles. The van der Waals surface area contributed by atoms with E-state index in [-0.39, 0.29) is 18.1 Å². The highest BCUT2D eigenvalue weighted by atomic mass is 16.5. The molecule has 0 saturated carbocycles. The van der Waals surface area contributed by atoms with Gasteiger partial charge < -0.3 is 14.7 Å². The van der Waals surface area contributed by atoms with Gasteiger partial charge in [-0.3, -0.25) is 4.79 Å². The number of aliphatic hydroxyl groups excluding tert-OH is 1. The number of aryl methyl sites for hydroxylation is 1. The van der Waals surface area contributed by atoms with Crippen LogP contribution in [0.15, 0.2) is 18.2 Å². The standard InChI is InChI=1S/C17H21NO3/c1-13-6-7-15(14(11-13)5-4-9-19)16(20)18-8-10-21-17(2,3)12-18/h6-7,11,19H,8-10,12H2,1-3H3. The van der Waals surface area contributed by atoms with E-state index in [1.54, 1.807) is 4.90 Å². The minimum atomic E-state index is -0.324. The van der Waals surface area contributed by atoms with Crippen molar-refractivity contribution in [2.45, 2.75) is 26.4 Å². The number of hydrogen-bond acceptors (Lipinski definition) is 3. The summed E-state index contributed by atoms with van der Waals surface area (Å²) in [5.74, 6) is 5.45. The van der Waals surface area contributed by atoms with Gasteiger partial charge in [-0.25, -0.2) is 0 Å². The lowest BCUT2D eigenvalue weighted by atomic mass is 10.0. The Morgan fingerprint density at radius 2 is 2.24 bits per heavy atom. The molecule has 0 bridgehead atoms. The van der Waals surface area contributed by atoms with E-state index in [1.807, 2.05) is 39.0 Å². The Hall–Kier alpha value is -1.83. The second-order valence-electron chi connectivity index (χ2n) is 5.84. The number of morpholine rings is 1. The molecule has 1 fully saturated rings. The van der Waals surface area contributed by atoms with Gasteiger partial charge in [0.15, 0.2) is 0 Å². The fourth-order valence-electron chi connectivity index (χ4n) is 2.44. The molecule has 0 atom stereocenters. The van der Waals surface area contributed by atoms with E-state index in [0.29, 0.717) is 30.8 Å². The molecule has 1 aromatic rings. The fraction of sp³-hybridized carbons (Fsp3) is 0.471. The fourth-order valence-corrected chi connectivity index (χ4v) is 2.44. The Kier molecular flexibility index (Phi) is 4.66. The maximum absolute atomic E-state index is 12.7. The molecule has 1 aliphatic rings. The summed E-state index contributed by atoms with van der Waals surface area (Å²) in [6, 6.07) is 5.59. The summed E-state index contributed by atoms with van der Waals surface area (Å²) in [6.45, 7) is 7.39. The van der Waals surface area contributed by atoms with Crippen molar-refractivity contribution in [3.8, 4) is 11.8 Å². The van der Waals surface area contributed by atoms with Crippen LogP contribution in [0.2, 0.25) is 0 Å². The summed E-state index contributed by atoms with van der Waals surface area (Å²) in [5.41, 5.74) is 1.96. The summed E-state index contributed by atoms with van der Waals surface area (Å²) >= 11 is 0. The molecule has 1 aliphatic heterocycles. The number of hydrogen-bond donors (Lipinski definition) is 1. The van der Waals surface area contributed by atoms with Crippen LogP contribution in [0.4, 0.5) is 0 Å². The van der Waals surface area contributed by atoms with Gasteiger partial charge in [0.1, 0.15) is 6.61 Å². The first-order valence-corrected chi connectivity index (χ1v) is 7.06. The SMILES string of the molecule is Cc1ccc(C(=O)N2CCOC(C)(C)C2)c(C#CCO)c1. The molecule has 4 nitrogen and oxygen atoms in total. The van der Waals surface area contributed by atoms with Crippen molar-refractivity contribution in [1.82, 2.24) is 4.90 Å². The molecule has 4 heteroatoms. The van der Waals surface area contributed by atoms with E-state index >= 15 is 0 Å². The molecule has 0 spiro atoms. The lowest BCUT2D eigenvalue weighted by molar-refractivity contribution is -0.0764. The van der Waals surface area contributed by atoms with Crippen molar-refractivity contribution in [2.75, 3.05) is 26.3 Å². The highest BCUT2D eigenvalue weighted by molar-refractivity contribution is 5.97. The van der Waals surface area contributed by atoms with Gasteiger partial charge in [0, 0.05) is 18.7 Å². The first-order chi connectivity index (χ1) is 9.93. The maximum Gasteiger partial charge on any atom is 0.255 e. The quantitative estimate of drug-likeness (QED) is 0.798. The third-order valence-corrected chi connectivity index (χ3v) is 3.42. The molecular formula is C17H21NO3. The number of amides is 1. The van der Waals surface area contributed by atoms with Gasteiger partial charge in [-0.05, 0) is 38.5 Å². The Balaban J connectivity index is 2.30. The molecule has 0 aliphatic carbocycles. The van der Waals surface area contributed by atoms with Crippen LogP contribution in [-0.4, -0.2) is 47.8 Å². The zero-order chi connectivity index (χ0) is 15.5. The van der Waals surface area contributed by atoms with E-state index in [0.717, 1.165) is 5.56 Å². The predicted molar refractivity (Wildman–Crippen MR) is 81.1 cm³/mol. The van der Waals surface area contributed by atoms with E-state index in [1.165, 1.54) is 0 Å². The first-order valence-electron chi connectivity index (χ1n) is 7.06. The zero-order valence-corrected chi connectivity index (χ0v) is 12.8. The summed E-state index contributed by atoms with van der Waals surface area (Å²) in [6.07, 6.45) is 0. The summed E-state index contributed by atoms with van der Waals surface area (Å²) in [4.78, 5) is 14.5. The average Bonchev–Trinajstić information content (AvgIpc) is 2.43. The normalized spacial score (nSPS) is 17.0. The summed E-state index contributed by atoms with van der Waals surface area (Å²) < 4.78 is 5.64. The highest BCUT2D eigenvalue weighted by Gasteiger charge is 2.31. The third-order valence-electron chi connectivity index (χ3n) is 3.42. The molecule has 21 heavy (non-hydrogen) atoms. The molecule has 112 valence electrons. The van der Waals surface area contributed by atoms with Crippen LogP contribution in [0, 0.1) is 18.8 Å². The minimum Gasteiger partial charge on any atom is -0.384 e. The summed E-state index contributed by atoms with van der Waals surface area (Å²) in [7, 11) is 0. The molecule has 1 N–H and O–H groups in total. The molecule has 1 amide bonds. The van der Waals surface area contributed by atoms with Gasteiger partial charge in [0.25, 0.3) is 5.91 Å². The number of carbonyl (C=O) groups is 1. The average molecular weight is 287 g/mol.